The van der Waals surface area contributed by atoms with Crippen LogP contribution in [0.15, 0.2) is 18.2 Å². The maximum absolute atomic E-state index is 11.9. The smallest absolute Gasteiger partial charge is 0.232 e. The average Bonchev–Trinajstić information content (AvgIpc) is 2.60. The van der Waals surface area contributed by atoms with Crippen LogP contribution in [0.3, 0.4) is 0 Å². The Balaban J connectivity index is 2.15. The van der Waals surface area contributed by atoms with Crippen LogP contribution < -0.4 is 13.8 Å². The second kappa shape index (κ2) is 10.6. The lowest BCUT2D eigenvalue weighted by Gasteiger charge is -2.22. The number of benzene rings is 1. The Hall–Kier alpha value is -1.55. The zero-order valence-electron chi connectivity index (χ0n) is 15.3. The van der Waals surface area contributed by atoms with Gasteiger partial charge in [-0.3, -0.25) is 4.31 Å². The van der Waals surface area contributed by atoms with Crippen molar-refractivity contribution < 1.29 is 32.1 Å². The van der Waals surface area contributed by atoms with E-state index in [1.807, 2.05) is 0 Å². The van der Waals surface area contributed by atoms with Crippen LogP contribution in [0.25, 0.3) is 0 Å². The van der Waals surface area contributed by atoms with Crippen LogP contribution in [0, 0.1) is 0 Å². The molecule has 1 aliphatic rings. The van der Waals surface area contributed by atoms with Crippen LogP contribution in [0.5, 0.6) is 11.5 Å². The predicted octanol–water partition coefficient (Wildman–Crippen LogP) is 1.29. The molecular formula is C17H27NO7S. The summed E-state index contributed by atoms with van der Waals surface area (Å²) in [5, 5.41) is 0. The van der Waals surface area contributed by atoms with Crippen molar-refractivity contribution in [1.82, 2.24) is 0 Å². The van der Waals surface area contributed by atoms with Crippen LogP contribution in [0.2, 0.25) is 0 Å². The molecule has 0 radical (unpaired) electrons. The molecule has 0 amide bonds. The van der Waals surface area contributed by atoms with Gasteiger partial charge in [0.15, 0.2) is 11.5 Å². The highest BCUT2D eigenvalue weighted by Gasteiger charge is 2.18. The zero-order valence-corrected chi connectivity index (χ0v) is 16.1. The Morgan fingerprint density at radius 2 is 1.35 bits per heavy atom. The Morgan fingerprint density at radius 3 is 1.85 bits per heavy atom. The van der Waals surface area contributed by atoms with Crippen molar-refractivity contribution in [1.29, 1.82) is 0 Å². The molecule has 0 saturated heterocycles. The van der Waals surface area contributed by atoms with E-state index >= 15 is 0 Å². The van der Waals surface area contributed by atoms with Crippen molar-refractivity contribution in [2.45, 2.75) is 6.92 Å². The summed E-state index contributed by atoms with van der Waals surface area (Å²) in [5.74, 6) is 1.01. The van der Waals surface area contributed by atoms with Gasteiger partial charge in [0.25, 0.3) is 0 Å². The SMILES string of the molecule is CCN(c1ccc2c(c1)OCCOCCOCCOCCO2)S(C)(=O)=O. The quantitative estimate of drug-likeness (QED) is 0.770. The molecule has 0 N–H and O–H groups in total. The molecule has 0 atom stereocenters. The highest BCUT2D eigenvalue weighted by Crippen LogP contribution is 2.33. The predicted molar refractivity (Wildman–Crippen MR) is 97.8 cm³/mol. The van der Waals surface area contributed by atoms with Crippen molar-refractivity contribution in [3.8, 4) is 11.5 Å². The number of sulfonamides is 1. The molecule has 0 spiro atoms. The second-order valence-electron chi connectivity index (χ2n) is 5.59. The van der Waals surface area contributed by atoms with Gasteiger partial charge in [0.05, 0.1) is 51.6 Å². The third-order valence-electron chi connectivity index (χ3n) is 3.62. The van der Waals surface area contributed by atoms with Gasteiger partial charge in [-0.15, -0.1) is 0 Å². The minimum absolute atomic E-state index is 0.321. The summed E-state index contributed by atoms with van der Waals surface area (Å²) < 4.78 is 52.9. The Kier molecular flexibility index (Phi) is 8.43. The lowest BCUT2D eigenvalue weighted by Crippen LogP contribution is -2.29. The fraction of sp³-hybridized carbons (Fsp3) is 0.647. The maximum Gasteiger partial charge on any atom is 0.232 e. The number of rotatable bonds is 3. The fourth-order valence-corrected chi connectivity index (χ4v) is 3.42. The van der Waals surface area contributed by atoms with Crippen LogP contribution in [-0.4, -0.2) is 74.1 Å². The molecule has 1 aliphatic heterocycles. The first-order valence-corrected chi connectivity index (χ1v) is 10.5. The van der Waals surface area contributed by atoms with Gasteiger partial charge in [0.2, 0.25) is 10.0 Å². The van der Waals surface area contributed by atoms with Crippen molar-refractivity contribution in [2.75, 3.05) is 70.0 Å². The Morgan fingerprint density at radius 1 is 0.846 bits per heavy atom. The van der Waals surface area contributed by atoms with E-state index in [1.54, 1.807) is 25.1 Å². The third kappa shape index (κ3) is 6.64. The van der Waals surface area contributed by atoms with Crippen molar-refractivity contribution >= 4 is 15.7 Å². The van der Waals surface area contributed by atoms with E-state index in [9.17, 15) is 8.42 Å². The highest BCUT2D eigenvalue weighted by atomic mass is 32.2. The van der Waals surface area contributed by atoms with Crippen molar-refractivity contribution in [2.24, 2.45) is 0 Å². The lowest BCUT2D eigenvalue weighted by atomic mass is 10.2. The molecule has 0 bridgehead atoms. The van der Waals surface area contributed by atoms with E-state index in [4.69, 9.17) is 23.7 Å². The van der Waals surface area contributed by atoms with Gasteiger partial charge in [-0.1, -0.05) is 0 Å². The summed E-state index contributed by atoms with van der Waals surface area (Å²) in [5.41, 5.74) is 0.529. The van der Waals surface area contributed by atoms with Gasteiger partial charge in [0, 0.05) is 12.6 Å². The van der Waals surface area contributed by atoms with Gasteiger partial charge >= 0.3 is 0 Å². The Labute approximate surface area is 155 Å². The molecule has 26 heavy (non-hydrogen) atoms. The molecule has 1 aromatic rings. The standard InChI is InChI=1S/C17H27NO7S/c1-3-18(26(2,19)20)15-4-5-16-17(14-15)25-13-11-23-9-7-21-6-8-22-10-12-24-16/h4-5,14H,3,6-13H2,1-2H3. The van der Waals surface area contributed by atoms with E-state index in [0.717, 1.165) is 0 Å². The van der Waals surface area contributed by atoms with Crippen molar-refractivity contribution in [3.05, 3.63) is 18.2 Å². The summed E-state index contributed by atoms with van der Waals surface area (Å²) in [6.07, 6.45) is 1.18. The van der Waals surface area contributed by atoms with Gasteiger partial charge in [-0.05, 0) is 19.1 Å². The number of anilines is 1. The molecular weight excluding hydrogens is 362 g/mol. The monoisotopic (exact) mass is 389 g/mol. The number of fused-ring (bicyclic) bond motifs is 1. The molecule has 0 aliphatic carbocycles. The normalized spacial score (nSPS) is 17.8. The second-order valence-corrected chi connectivity index (χ2v) is 7.50. The van der Waals surface area contributed by atoms with Crippen LogP contribution >= 0.6 is 0 Å². The first kappa shape index (κ1) is 20.8. The van der Waals surface area contributed by atoms with Crippen LogP contribution in [-0.2, 0) is 24.2 Å². The molecule has 9 heteroatoms. The first-order chi connectivity index (χ1) is 12.5. The fourth-order valence-electron chi connectivity index (χ4n) is 2.46. The summed E-state index contributed by atoms with van der Waals surface area (Å²) in [7, 11) is -3.37. The molecule has 1 aromatic carbocycles. The number of nitrogens with zero attached hydrogens (tertiary/aromatic N) is 1. The van der Waals surface area contributed by atoms with E-state index in [2.05, 4.69) is 0 Å². The average molecular weight is 389 g/mol. The topological polar surface area (TPSA) is 83.5 Å². The van der Waals surface area contributed by atoms with Gasteiger partial charge in [-0.25, -0.2) is 8.42 Å². The van der Waals surface area contributed by atoms with Gasteiger partial charge < -0.3 is 23.7 Å². The lowest BCUT2D eigenvalue weighted by molar-refractivity contribution is 0.00708. The van der Waals surface area contributed by atoms with Crippen LogP contribution in [0.4, 0.5) is 5.69 Å². The first-order valence-electron chi connectivity index (χ1n) is 8.63. The molecule has 0 fully saturated rings. The number of ether oxygens (including phenoxy) is 5. The zero-order chi connectivity index (χ0) is 18.8. The largest absolute Gasteiger partial charge is 0.487 e. The van der Waals surface area contributed by atoms with E-state index in [0.29, 0.717) is 76.6 Å². The molecule has 2 rings (SSSR count). The molecule has 0 saturated carbocycles. The van der Waals surface area contributed by atoms with Gasteiger partial charge in [-0.2, -0.15) is 0 Å². The Bertz CT molecular complexity index is 651. The van der Waals surface area contributed by atoms with E-state index < -0.39 is 10.0 Å². The summed E-state index contributed by atoms with van der Waals surface area (Å²) in [6, 6.07) is 5.08. The minimum Gasteiger partial charge on any atom is -0.487 e. The summed E-state index contributed by atoms with van der Waals surface area (Å²) in [6.45, 7) is 5.58. The van der Waals surface area contributed by atoms with E-state index in [-0.39, 0.29) is 0 Å². The minimum atomic E-state index is -3.37. The molecule has 148 valence electrons. The number of hydrogen-bond acceptors (Lipinski definition) is 7. The third-order valence-corrected chi connectivity index (χ3v) is 4.89. The van der Waals surface area contributed by atoms with Crippen molar-refractivity contribution in [3.63, 3.8) is 0 Å². The highest BCUT2D eigenvalue weighted by molar-refractivity contribution is 7.92. The molecule has 0 unspecified atom stereocenters. The van der Waals surface area contributed by atoms with E-state index in [1.165, 1.54) is 10.6 Å². The summed E-state index contributed by atoms with van der Waals surface area (Å²) >= 11 is 0. The maximum atomic E-state index is 11.9. The molecule has 1 heterocycles. The summed E-state index contributed by atoms with van der Waals surface area (Å²) in [4.78, 5) is 0. The number of hydrogen-bond donors (Lipinski definition) is 0. The van der Waals surface area contributed by atoms with Crippen LogP contribution in [0.1, 0.15) is 6.92 Å². The molecule has 8 nitrogen and oxygen atoms in total. The molecule has 0 aromatic heterocycles. The van der Waals surface area contributed by atoms with Gasteiger partial charge in [0.1, 0.15) is 13.2 Å².